The molecule has 0 radical (unpaired) electrons. The fraction of sp³-hybridized carbons (Fsp3) is 0.182. The van der Waals surface area contributed by atoms with E-state index in [-0.39, 0.29) is 0 Å². The Kier molecular flexibility index (Phi) is 2.50. The first-order valence-electron chi connectivity index (χ1n) is 4.53. The maximum absolute atomic E-state index is 9.14. The van der Waals surface area contributed by atoms with Gasteiger partial charge in [0.15, 0.2) is 0 Å². The van der Waals surface area contributed by atoms with Gasteiger partial charge in [-0.2, -0.15) is 0 Å². The molecule has 1 heterocycles. The largest absolute Gasteiger partial charge is 0.508 e. The van der Waals surface area contributed by atoms with Crippen molar-refractivity contribution in [1.82, 2.24) is 4.98 Å². The molecule has 72 valence electrons. The van der Waals surface area contributed by atoms with Gasteiger partial charge in [-0.15, -0.1) is 11.3 Å². The highest BCUT2D eigenvalue weighted by molar-refractivity contribution is 7.15. The maximum Gasteiger partial charge on any atom is 0.123 e. The van der Waals surface area contributed by atoms with Gasteiger partial charge in [0.1, 0.15) is 10.8 Å². The zero-order chi connectivity index (χ0) is 9.97. The molecule has 0 aliphatic carbocycles. The lowest BCUT2D eigenvalue weighted by Gasteiger charge is -1.95. The molecule has 1 N–H and O–H groups in total. The van der Waals surface area contributed by atoms with Crippen molar-refractivity contribution in [3.63, 3.8) is 0 Å². The lowest BCUT2D eigenvalue weighted by Crippen LogP contribution is -1.73. The normalized spacial score (nSPS) is 10.4. The fourth-order valence-corrected chi connectivity index (χ4v) is 2.07. The zero-order valence-electron chi connectivity index (χ0n) is 7.90. The molecule has 0 aliphatic rings. The number of rotatable bonds is 2. The summed E-state index contributed by atoms with van der Waals surface area (Å²) in [6, 6.07) is 7.13. The molecule has 2 nitrogen and oxygen atoms in total. The number of nitrogens with zero attached hydrogens (tertiary/aromatic N) is 1. The Labute approximate surface area is 86.9 Å². The molecule has 0 unspecified atom stereocenters. The molecule has 0 bridgehead atoms. The molecule has 3 heteroatoms. The lowest BCUT2D eigenvalue weighted by molar-refractivity contribution is 0.475. The van der Waals surface area contributed by atoms with Gasteiger partial charge in [-0.05, 0) is 30.7 Å². The molecule has 0 saturated carbocycles. The third-order valence-corrected chi connectivity index (χ3v) is 3.21. The molecule has 2 rings (SSSR count). The van der Waals surface area contributed by atoms with Crippen molar-refractivity contribution in [3.8, 4) is 16.3 Å². The van der Waals surface area contributed by atoms with Crippen LogP contribution in [0.3, 0.4) is 0 Å². The third kappa shape index (κ3) is 1.77. The summed E-state index contributed by atoms with van der Waals surface area (Å²) in [7, 11) is 0. The molecule has 0 saturated heterocycles. The maximum atomic E-state index is 9.14. The van der Waals surface area contributed by atoms with Crippen LogP contribution in [0.2, 0.25) is 0 Å². The monoisotopic (exact) mass is 205 g/mol. The zero-order valence-corrected chi connectivity index (χ0v) is 8.71. The summed E-state index contributed by atoms with van der Waals surface area (Å²) in [5, 5.41) is 10.2. The summed E-state index contributed by atoms with van der Waals surface area (Å²) in [6.07, 6.45) is 2.93. The molecule has 0 aliphatic heterocycles. The molecule has 2 aromatic rings. The van der Waals surface area contributed by atoms with Gasteiger partial charge < -0.3 is 5.11 Å². The van der Waals surface area contributed by atoms with Crippen LogP contribution in [0.1, 0.15) is 11.8 Å². The second-order valence-electron chi connectivity index (χ2n) is 3.03. The van der Waals surface area contributed by atoms with E-state index in [1.807, 2.05) is 18.3 Å². The Hall–Kier alpha value is -1.35. The number of thiazole rings is 1. The molecule has 0 fully saturated rings. The SMILES string of the molecule is CCc1cnc(-c2ccc(O)cc2)s1. The molecular formula is C11H11NOS. The van der Waals surface area contributed by atoms with Crippen molar-refractivity contribution < 1.29 is 5.11 Å². The smallest absolute Gasteiger partial charge is 0.123 e. The first-order chi connectivity index (χ1) is 6.79. The highest BCUT2D eigenvalue weighted by Gasteiger charge is 2.02. The van der Waals surface area contributed by atoms with E-state index in [1.54, 1.807) is 23.5 Å². The lowest BCUT2D eigenvalue weighted by atomic mass is 10.2. The first-order valence-corrected chi connectivity index (χ1v) is 5.35. The molecule has 0 atom stereocenters. The third-order valence-electron chi connectivity index (χ3n) is 2.02. The van der Waals surface area contributed by atoms with Crippen LogP contribution in [0.4, 0.5) is 0 Å². The quantitative estimate of drug-likeness (QED) is 0.817. The minimum Gasteiger partial charge on any atom is -0.508 e. The second-order valence-corrected chi connectivity index (χ2v) is 4.15. The van der Waals surface area contributed by atoms with Crippen LogP contribution in [0, 0.1) is 0 Å². The summed E-state index contributed by atoms with van der Waals surface area (Å²) in [6.45, 7) is 2.12. The van der Waals surface area contributed by atoms with Crippen LogP contribution >= 0.6 is 11.3 Å². The standard InChI is InChI=1S/C11H11NOS/c1-2-10-7-12-11(14-10)8-3-5-9(13)6-4-8/h3-7,13H,2H2,1H3. The van der Waals surface area contributed by atoms with Crippen LogP contribution in [-0.2, 0) is 6.42 Å². The average Bonchev–Trinajstić information content (AvgIpc) is 2.67. The van der Waals surface area contributed by atoms with Crippen LogP contribution < -0.4 is 0 Å². The predicted molar refractivity (Wildman–Crippen MR) is 58.6 cm³/mol. The number of phenols is 1. The fourth-order valence-electron chi connectivity index (χ4n) is 1.21. The van der Waals surface area contributed by atoms with Crippen LogP contribution in [0.15, 0.2) is 30.5 Å². The number of benzene rings is 1. The van der Waals surface area contributed by atoms with E-state index < -0.39 is 0 Å². The number of hydrogen-bond donors (Lipinski definition) is 1. The van der Waals surface area contributed by atoms with Gasteiger partial charge in [0.25, 0.3) is 0 Å². The molecular weight excluding hydrogens is 194 g/mol. The Morgan fingerprint density at radius 2 is 2.00 bits per heavy atom. The van der Waals surface area contributed by atoms with Crippen molar-refractivity contribution in [2.45, 2.75) is 13.3 Å². The van der Waals surface area contributed by atoms with E-state index in [2.05, 4.69) is 11.9 Å². The van der Waals surface area contributed by atoms with Gasteiger partial charge in [-0.1, -0.05) is 6.92 Å². The summed E-state index contributed by atoms with van der Waals surface area (Å²) in [5.41, 5.74) is 1.06. The van der Waals surface area contributed by atoms with Gasteiger partial charge in [-0.3, -0.25) is 0 Å². The summed E-state index contributed by atoms with van der Waals surface area (Å²) in [4.78, 5) is 5.61. The second kappa shape index (κ2) is 3.80. The van der Waals surface area contributed by atoms with Gasteiger partial charge in [0.05, 0.1) is 0 Å². The van der Waals surface area contributed by atoms with Crippen molar-refractivity contribution in [2.24, 2.45) is 0 Å². The average molecular weight is 205 g/mol. The minimum atomic E-state index is 0.293. The van der Waals surface area contributed by atoms with E-state index in [0.717, 1.165) is 17.0 Å². The molecule has 14 heavy (non-hydrogen) atoms. The predicted octanol–water partition coefficient (Wildman–Crippen LogP) is 3.08. The Balaban J connectivity index is 2.34. The summed E-state index contributed by atoms with van der Waals surface area (Å²) >= 11 is 1.70. The molecule has 1 aromatic carbocycles. The molecule has 0 amide bonds. The highest BCUT2D eigenvalue weighted by atomic mass is 32.1. The Morgan fingerprint density at radius 3 is 2.57 bits per heavy atom. The van der Waals surface area contributed by atoms with E-state index >= 15 is 0 Å². The number of phenolic OH excluding ortho intramolecular Hbond substituents is 1. The minimum absolute atomic E-state index is 0.293. The summed E-state index contributed by atoms with van der Waals surface area (Å²) < 4.78 is 0. The van der Waals surface area contributed by atoms with Crippen molar-refractivity contribution in [2.75, 3.05) is 0 Å². The Morgan fingerprint density at radius 1 is 1.29 bits per heavy atom. The van der Waals surface area contributed by atoms with E-state index in [4.69, 9.17) is 5.11 Å². The van der Waals surface area contributed by atoms with Gasteiger partial charge in [0, 0.05) is 16.6 Å². The number of aromatic nitrogens is 1. The van der Waals surface area contributed by atoms with Gasteiger partial charge >= 0.3 is 0 Å². The molecule has 0 spiro atoms. The van der Waals surface area contributed by atoms with Gasteiger partial charge in [0.2, 0.25) is 0 Å². The first kappa shape index (κ1) is 9.21. The van der Waals surface area contributed by atoms with Crippen LogP contribution in [0.25, 0.3) is 10.6 Å². The van der Waals surface area contributed by atoms with Crippen molar-refractivity contribution in [1.29, 1.82) is 0 Å². The number of hydrogen-bond acceptors (Lipinski definition) is 3. The van der Waals surface area contributed by atoms with Crippen molar-refractivity contribution in [3.05, 3.63) is 35.3 Å². The van der Waals surface area contributed by atoms with E-state index in [9.17, 15) is 0 Å². The van der Waals surface area contributed by atoms with E-state index in [1.165, 1.54) is 4.88 Å². The number of aromatic hydroxyl groups is 1. The summed E-state index contributed by atoms with van der Waals surface area (Å²) in [5.74, 6) is 0.293. The molecule has 1 aromatic heterocycles. The highest BCUT2D eigenvalue weighted by Crippen LogP contribution is 2.26. The van der Waals surface area contributed by atoms with Crippen LogP contribution in [-0.4, -0.2) is 10.1 Å². The topological polar surface area (TPSA) is 33.1 Å². The van der Waals surface area contributed by atoms with Crippen molar-refractivity contribution >= 4 is 11.3 Å². The van der Waals surface area contributed by atoms with Crippen LogP contribution in [0.5, 0.6) is 5.75 Å². The number of aryl methyl sites for hydroxylation is 1. The Bertz CT molecular complexity index is 419. The van der Waals surface area contributed by atoms with Gasteiger partial charge in [-0.25, -0.2) is 4.98 Å². The van der Waals surface area contributed by atoms with E-state index in [0.29, 0.717) is 5.75 Å².